The number of hydrogen-bond donors (Lipinski definition) is 1. The summed E-state index contributed by atoms with van der Waals surface area (Å²) >= 11 is 6.06. The molecule has 1 aromatic carbocycles. The van der Waals surface area contributed by atoms with Crippen LogP contribution in [0.3, 0.4) is 0 Å². The maximum atomic E-state index is 12.5. The molecule has 112 valence electrons. The van der Waals surface area contributed by atoms with Gasteiger partial charge in [0.15, 0.2) is 0 Å². The lowest BCUT2D eigenvalue weighted by atomic mass is 10.0. The molecule has 1 unspecified atom stereocenters. The van der Waals surface area contributed by atoms with E-state index in [0.717, 1.165) is 18.4 Å². The molecule has 1 aromatic rings. The predicted octanol–water partition coefficient (Wildman–Crippen LogP) is 2.88. The second-order valence-corrected chi connectivity index (χ2v) is 6.10. The highest BCUT2D eigenvalue weighted by Gasteiger charge is 2.41. The summed E-state index contributed by atoms with van der Waals surface area (Å²) in [4.78, 5) is 14.3. The highest BCUT2D eigenvalue weighted by atomic mass is 35.5. The normalized spacial score (nSPS) is 24.4. The minimum Gasteiger partial charge on any atom is -0.330 e. The van der Waals surface area contributed by atoms with Crippen molar-refractivity contribution in [3.8, 4) is 6.07 Å². The average Bonchev–Trinajstić information content (AvgIpc) is 2.90. The first kappa shape index (κ1) is 15.8. The summed E-state index contributed by atoms with van der Waals surface area (Å²) in [6.07, 6.45) is 1.64. The Balaban J connectivity index is 2.37. The molecule has 1 heterocycles. The summed E-state index contributed by atoms with van der Waals surface area (Å²) in [5, 5.41) is 9.84. The van der Waals surface area contributed by atoms with Gasteiger partial charge >= 0.3 is 0 Å². The quantitative estimate of drug-likeness (QED) is 0.933. The lowest BCUT2D eigenvalue weighted by Gasteiger charge is -2.33. The smallest absolute Gasteiger partial charge is 0.240 e. The van der Waals surface area contributed by atoms with E-state index in [1.54, 1.807) is 11.8 Å². The average molecular weight is 306 g/mol. The Morgan fingerprint density at radius 3 is 2.76 bits per heavy atom. The van der Waals surface area contributed by atoms with Crippen LogP contribution in [0.4, 0.5) is 0 Å². The molecule has 0 bridgehead atoms. The van der Waals surface area contributed by atoms with Crippen LogP contribution < -0.4 is 5.73 Å². The summed E-state index contributed by atoms with van der Waals surface area (Å²) in [6, 6.07) is 9.09. The first-order chi connectivity index (χ1) is 9.95. The van der Waals surface area contributed by atoms with Gasteiger partial charge in [0, 0.05) is 11.1 Å². The molecule has 1 amide bonds. The minimum atomic E-state index is -0.571. The fourth-order valence-electron chi connectivity index (χ4n) is 3.01. The van der Waals surface area contributed by atoms with Gasteiger partial charge in [-0.15, -0.1) is 0 Å². The SMILES string of the molecule is CC(C#N)[C@H]1CC[C@@H](c2cccc(Cl)c2)N1C(=O)[C@@H](C)N. The number of nitrogens with two attached hydrogens (primary N) is 1. The molecule has 1 aliphatic heterocycles. The molecule has 0 spiro atoms. The van der Waals surface area contributed by atoms with E-state index in [2.05, 4.69) is 6.07 Å². The van der Waals surface area contributed by atoms with Gasteiger partial charge in [-0.25, -0.2) is 0 Å². The lowest BCUT2D eigenvalue weighted by Crippen LogP contribution is -2.47. The number of halogens is 1. The largest absolute Gasteiger partial charge is 0.330 e. The molecule has 4 nitrogen and oxygen atoms in total. The van der Waals surface area contributed by atoms with Crippen LogP contribution in [0.1, 0.15) is 38.3 Å². The van der Waals surface area contributed by atoms with Crippen molar-refractivity contribution in [2.45, 2.75) is 44.8 Å². The minimum absolute atomic E-state index is 0.0528. The van der Waals surface area contributed by atoms with Crippen molar-refractivity contribution in [3.05, 3.63) is 34.9 Å². The van der Waals surface area contributed by atoms with Gasteiger partial charge in [-0.05, 0) is 44.4 Å². The van der Waals surface area contributed by atoms with Crippen molar-refractivity contribution < 1.29 is 4.79 Å². The Bertz CT molecular complexity index is 567. The summed E-state index contributed by atoms with van der Waals surface area (Å²) in [5.74, 6) is -0.318. The molecule has 0 aromatic heterocycles. The van der Waals surface area contributed by atoms with E-state index in [1.807, 2.05) is 31.2 Å². The van der Waals surface area contributed by atoms with Gasteiger partial charge in [0.25, 0.3) is 0 Å². The van der Waals surface area contributed by atoms with E-state index in [1.165, 1.54) is 0 Å². The van der Waals surface area contributed by atoms with Crippen molar-refractivity contribution in [2.75, 3.05) is 0 Å². The summed E-state index contributed by atoms with van der Waals surface area (Å²) in [5.41, 5.74) is 6.79. The maximum Gasteiger partial charge on any atom is 0.240 e. The van der Waals surface area contributed by atoms with Crippen LogP contribution >= 0.6 is 11.6 Å². The van der Waals surface area contributed by atoms with Crippen molar-refractivity contribution in [1.29, 1.82) is 5.26 Å². The third-order valence-corrected chi connectivity index (χ3v) is 4.32. The number of rotatable bonds is 3. The molecule has 2 rings (SSSR count). The molecule has 0 aliphatic carbocycles. The fourth-order valence-corrected chi connectivity index (χ4v) is 3.21. The van der Waals surface area contributed by atoms with Gasteiger partial charge in [-0.2, -0.15) is 5.26 Å². The zero-order valence-corrected chi connectivity index (χ0v) is 13.0. The van der Waals surface area contributed by atoms with Gasteiger partial charge in [0.2, 0.25) is 5.91 Å². The van der Waals surface area contributed by atoms with E-state index in [-0.39, 0.29) is 23.9 Å². The monoisotopic (exact) mass is 305 g/mol. The number of nitriles is 1. The molecule has 21 heavy (non-hydrogen) atoms. The van der Waals surface area contributed by atoms with Crippen LogP contribution in [0.2, 0.25) is 5.02 Å². The highest BCUT2D eigenvalue weighted by molar-refractivity contribution is 6.30. The topological polar surface area (TPSA) is 70.1 Å². The van der Waals surface area contributed by atoms with E-state index < -0.39 is 6.04 Å². The second-order valence-electron chi connectivity index (χ2n) is 5.67. The fraction of sp³-hybridized carbons (Fsp3) is 0.500. The van der Waals surface area contributed by atoms with Crippen LogP contribution in [0.15, 0.2) is 24.3 Å². The third kappa shape index (κ3) is 3.20. The number of benzene rings is 1. The number of nitrogens with zero attached hydrogens (tertiary/aromatic N) is 2. The maximum absolute atomic E-state index is 12.5. The third-order valence-electron chi connectivity index (χ3n) is 4.09. The van der Waals surface area contributed by atoms with E-state index in [0.29, 0.717) is 5.02 Å². The van der Waals surface area contributed by atoms with Crippen LogP contribution in [0, 0.1) is 17.2 Å². The van der Waals surface area contributed by atoms with E-state index in [9.17, 15) is 10.1 Å². The lowest BCUT2D eigenvalue weighted by molar-refractivity contribution is -0.135. The standard InChI is InChI=1S/C16H20ClN3O/c1-10(9-18)14-6-7-15(20(14)16(21)11(2)19)12-4-3-5-13(17)8-12/h3-5,8,10-11,14-15H,6-7,19H2,1-2H3/t10?,11-,14-,15+/m1/s1. The number of hydrogen-bond acceptors (Lipinski definition) is 3. The van der Waals surface area contributed by atoms with Crippen molar-refractivity contribution >= 4 is 17.5 Å². The molecule has 4 atom stereocenters. The zero-order valence-electron chi connectivity index (χ0n) is 12.3. The molecule has 1 fully saturated rings. The molecule has 2 N–H and O–H groups in total. The van der Waals surface area contributed by atoms with Crippen LogP contribution in [-0.4, -0.2) is 22.9 Å². The van der Waals surface area contributed by atoms with Gasteiger partial charge in [-0.1, -0.05) is 23.7 Å². The number of carbonyl (C=O) groups excluding carboxylic acids is 1. The van der Waals surface area contributed by atoms with E-state index in [4.69, 9.17) is 17.3 Å². The molecule has 0 radical (unpaired) electrons. The summed E-state index contributed by atoms with van der Waals surface area (Å²) < 4.78 is 0. The van der Waals surface area contributed by atoms with Gasteiger partial charge in [0.05, 0.1) is 24.1 Å². The van der Waals surface area contributed by atoms with Crippen molar-refractivity contribution in [3.63, 3.8) is 0 Å². The highest BCUT2D eigenvalue weighted by Crippen LogP contribution is 2.39. The Hall–Kier alpha value is -1.57. The Morgan fingerprint density at radius 1 is 1.48 bits per heavy atom. The van der Waals surface area contributed by atoms with Gasteiger partial charge in [0.1, 0.15) is 0 Å². The Kier molecular flexibility index (Phi) is 4.87. The predicted molar refractivity (Wildman–Crippen MR) is 82.5 cm³/mol. The Labute approximate surface area is 130 Å². The van der Waals surface area contributed by atoms with Crippen molar-refractivity contribution in [2.24, 2.45) is 11.7 Å². The van der Waals surface area contributed by atoms with Crippen LogP contribution in [0.25, 0.3) is 0 Å². The second kappa shape index (κ2) is 6.46. The number of amides is 1. The number of carbonyl (C=O) groups is 1. The van der Waals surface area contributed by atoms with E-state index >= 15 is 0 Å². The molecule has 5 heteroatoms. The molecule has 1 aliphatic rings. The van der Waals surface area contributed by atoms with Gasteiger partial charge in [-0.3, -0.25) is 4.79 Å². The zero-order chi connectivity index (χ0) is 15.6. The summed E-state index contributed by atoms with van der Waals surface area (Å²) in [7, 11) is 0. The van der Waals surface area contributed by atoms with Crippen molar-refractivity contribution in [1.82, 2.24) is 4.90 Å². The molecular formula is C16H20ClN3O. The Morgan fingerprint density at radius 2 is 2.19 bits per heavy atom. The van der Waals surface area contributed by atoms with Crippen LogP contribution in [0.5, 0.6) is 0 Å². The summed E-state index contributed by atoms with van der Waals surface area (Å²) in [6.45, 7) is 3.54. The van der Waals surface area contributed by atoms with Gasteiger partial charge < -0.3 is 10.6 Å². The molecular weight excluding hydrogens is 286 g/mol. The van der Waals surface area contributed by atoms with Crippen LogP contribution in [-0.2, 0) is 4.79 Å². The molecule has 0 saturated carbocycles. The first-order valence-electron chi connectivity index (χ1n) is 7.18. The molecule has 1 saturated heterocycles. The first-order valence-corrected chi connectivity index (χ1v) is 7.56. The number of likely N-dealkylation sites (tertiary alicyclic amines) is 1.